The lowest BCUT2D eigenvalue weighted by atomic mass is 9.97. The smallest absolute Gasteiger partial charge is 0.294 e. The summed E-state index contributed by atoms with van der Waals surface area (Å²) in [6.45, 7) is 6.38. The largest absolute Gasteiger partial charge is 0.508 e. The average molecular weight is 572 g/mol. The van der Waals surface area contributed by atoms with E-state index in [2.05, 4.69) is 23.8 Å². The van der Waals surface area contributed by atoms with Gasteiger partial charge < -0.3 is 24.8 Å². The first-order valence-electron chi connectivity index (χ1n) is 14.2. The van der Waals surface area contributed by atoms with E-state index < -0.39 is 0 Å². The molecule has 0 unspecified atom stereocenters. The molecule has 1 atom stereocenters. The maximum atomic E-state index is 14.0. The van der Waals surface area contributed by atoms with Crippen LogP contribution in [0.3, 0.4) is 0 Å². The van der Waals surface area contributed by atoms with Gasteiger partial charge in [-0.3, -0.25) is 9.59 Å². The quantitative estimate of drug-likeness (QED) is 0.300. The molecule has 3 aromatic carbocycles. The van der Waals surface area contributed by atoms with Crippen LogP contribution in [0.5, 0.6) is 5.75 Å². The number of rotatable bonds is 6. The van der Waals surface area contributed by atoms with Gasteiger partial charge in [0, 0.05) is 37.3 Å². The highest BCUT2D eigenvalue weighted by atomic mass is 35.5. The second-order valence-corrected chi connectivity index (χ2v) is 11.5. The third-order valence-corrected chi connectivity index (χ3v) is 8.92. The van der Waals surface area contributed by atoms with E-state index in [4.69, 9.17) is 16.6 Å². The number of benzene rings is 3. The number of likely N-dealkylation sites (tertiary alicyclic amines) is 2. The minimum atomic E-state index is -0.182. The summed E-state index contributed by atoms with van der Waals surface area (Å²) in [7, 11) is 2.11. The summed E-state index contributed by atoms with van der Waals surface area (Å²) in [5.41, 5.74) is 2.65. The van der Waals surface area contributed by atoms with E-state index in [1.54, 1.807) is 17.0 Å². The number of halogens is 1. The number of amides is 1. The van der Waals surface area contributed by atoms with Crippen LogP contribution in [-0.4, -0.2) is 69.6 Å². The lowest BCUT2D eigenvalue weighted by molar-refractivity contribution is -0.127. The van der Waals surface area contributed by atoms with Crippen molar-refractivity contribution in [3.8, 4) is 16.9 Å². The number of nitrogens with one attached hydrogen (secondary N) is 1. The number of piperidine rings is 1. The standard InChI is InChI=1S/C32H34ClN5O3/c1-3-30(40)37-13-10-21(11-14-37)38-29-18-27(33)26(25-16-23(39)15-20-7-4-5-9-24(20)25)17-28(29)35-31(32(38)41)34-19-22-8-6-12-36(22)2/h3-5,7,9,15-18,21-22,39H,1,6,8,10-14,19H2,2H3,(H,34,35)/t22-/m0/s1. The summed E-state index contributed by atoms with van der Waals surface area (Å²) in [5.74, 6) is 0.373. The molecule has 1 amide bonds. The minimum Gasteiger partial charge on any atom is -0.508 e. The Bertz CT molecular complexity index is 1710. The van der Waals surface area contributed by atoms with Crippen LogP contribution in [0.1, 0.15) is 31.7 Å². The fraction of sp³-hybridized carbons (Fsp3) is 0.344. The van der Waals surface area contributed by atoms with E-state index in [0.29, 0.717) is 60.4 Å². The molecular formula is C32H34ClN5O3. The van der Waals surface area contributed by atoms with Crippen LogP contribution in [0, 0.1) is 0 Å². The van der Waals surface area contributed by atoms with Gasteiger partial charge in [-0.1, -0.05) is 42.4 Å². The van der Waals surface area contributed by atoms with Crippen LogP contribution >= 0.6 is 11.6 Å². The molecule has 8 nitrogen and oxygen atoms in total. The SMILES string of the molecule is C=CC(=O)N1CCC(n2c(=O)c(NC[C@@H]3CCCN3C)nc3cc(-c4cc(O)cc5ccccc45)c(Cl)cc32)CC1. The van der Waals surface area contributed by atoms with E-state index >= 15 is 0 Å². The number of carbonyl (C=O) groups is 1. The molecule has 41 heavy (non-hydrogen) atoms. The van der Waals surface area contributed by atoms with Crippen LogP contribution in [0.2, 0.25) is 5.02 Å². The molecule has 0 aliphatic carbocycles. The Morgan fingerprint density at radius 1 is 1.12 bits per heavy atom. The molecule has 212 valence electrons. The Morgan fingerprint density at radius 3 is 2.63 bits per heavy atom. The van der Waals surface area contributed by atoms with Crippen molar-refractivity contribution in [3.05, 3.63) is 76.6 Å². The molecule has 0 saturated carbocycles. The number of fused-ring (bicyclic) bond motifs is 2. The predicted octanol–water partition coefficient (Wildman–Crippen LogP) is 5.43. The highest BCUT2D eigenvalue weighted by molar-refractivity contribution is 6.34. The number of phenolic OH excluding ortho intramolecular Hbond substituents is 1. The summed E-state index contributed by atoms with van der Waals surface area (Å²) >= 11 is 6.93. The van der Waals surface area contributed by atoms with Crippen molar-refractivity contribution < 1.29 is 9.90 Å². The van der Waals surface area contributed by atoms with Crippen LogP contribution in [0.4, 0.5) is 5.82 Å². The molecule has 2 aliphatic heterocycles. The second-order valence-electron chi connectivity index (χ2n) is 11.1. The number of likely N-dealkylation sites (N-methyl/N-ethyl adjacent to an activating group) is 1. The first-order valence-corrected chi connectivity index (χ1v) is 14.5. The molecule has 2 fully saturated rings. The molecule has 9 heteroatoms. The van der Waals surface area contributed by atoms with Gasteiger partial charge in [-0.2, -0.15) is 0 Å². The Labute approximate surface area is 243 Å². The number of nitrogens with zero attached hydrogens (tertiary/aromatic N) is 4. The molecule has 4 aromatic rings. The van der Waals surface area contributed by atoms with E-state index in [0.717, 1.165) is 41.3 Å². The maximum Gasteiger partial charge on any atom is 0.294 e. The summed E-state index contributed by atoms with van der Waals surface area (Å²) < 4.78 is 1.81. The van der Waals surface area contributed by atoms with Gasteiger partial charge in [0.25, 0.3) is 5.56 Å². The third kappa shape index (κ3) is 5.18. The first kappa shape index (κ1) is 27.3. The van der Waals surface area contributed by atoms with E-state index in [9.17, 15) is 14.7 Å². The lowest BCUT2D eigenvalue weighted by Gasteiger charge is -2.33. The van der Waals surface area contributed by atoms with Crippen molar-refractivity contribution in [2.75, 3.05) is 38.5 Å². The van der Waals surface area contributed by atoms with Crippen molar-refractivity contribution >= 4 is 45.1 Å². The zero-order chi connectivity index (χ0) is 28.7. The van der Waals surface area contributed by atoms with Crippen LogP contribution < -0.4 is 10.9 Å². The molecule has 6 rings (SSSR count). The number of aromatic nitrogens is 2. The summed E-state index contributed by atoms with van der Waals surface area (Å²) in [6.07, 6.45) is 4.83. The molecule has 2 N–H and O–H groups in total. The van der Waals surface area contributed by atoms with E-state index in [1.165, 1.54) is 6.08 Å². The molecule has 1 aromatic heterocycles. The average Bonchev–Trinajstić information content (AvgIpc) is 3.39. The van der Waals surface area contributed by atoms with Crippen molar-refractivity contribution in [3.63, 3.8) is 0 Å². The van der Waals surface area contributed by atoms with Crippen molar-refractivity contribution in [1.82, 2.24) is 19.4 Å². The fourth-order valence-electron chi connectivity index (χ4n) is 6.35. The molecule has 2 aliphatic rings. The van der Waals surface area contributed by atoms with E-state index in [1.807, 2.05) is 41.0 Å². The zero-order valence-electron chi connectivity index (χ0n) is 23.1. The number of hydrogen-bond acceptors (Lipinski definition) is 6. The lowest BCUT2D eigenvalue weighted by Crippen LogP contribution is -2.41. The van der Waals surface area contributed by atoms with E-state index in [-0.39, 0.29) is 23.3 Å². The van der Waals surface area contributed by atoms with Gasteiger partial charge in [0.15, 0.2) is 5.82 Å². The van der Waals surface area contributed by atoms with Crippen molar-refractivity contribution in [1.29, 1.82) is 0 Å². The predicted molar refractivity (Wildman–Crippen MR) is 165 cm³/mol. The molecule has 2 saturated heterocycles. The molecule has 0 radical (unpaired) electrons. The highest BCUT2D eigenvalue weighted by Crippen LogP contribution is 2.39. The zero-order valence-corrected chi connectivity index (χ0v) is 23.9. The monoisotopic (exact) mass is 571 g/mol. The summed E-state index contributed by atoms with van der Waals surface area (Å²) in [4.78, 5) is 35.1. The Hall–Kier alpha value is -3.88. The maximum absolute atomic E-state index is 14.0. The molecule has 3 heterocycles. The fourth-order valence-corrected chi connectivity index (χ4v) is 6.61. The van der Waals surface area contributed by atoms with Gasteiger partial charge >= 0.3 is 0 Å². The molecule has 0 spiro atoms. The topological polar surface area (TPSA) is 90.7 Å². The number of aromatic hydroxyl groups is 1. The number of anilines is 1. The van der Waals surface area contributed by atoms with Gasteiger partial charge in [-0.25, -0.2) is 4.98 Å². The Morgan fingerprint density at radius 2 is 1.90 bits per heavy atom. The normalized spacial score (nSPS) is 18.3. The van der Waals surface area contributed by atoms with Gasteiger partial charge in [-0.05, 0) is 86.0 Å². The van der Waals surface area contributed by atoms with Gasteiger partial charge in [0.1, 0.15) is 5.75 Å². The second kappa shape index (κ2) is 11.2. The molecular weight excluding hydrogens is 538 g/mol. The Balaban J connectivity index is 1.47. The highest BCUT2D eigenvalue weighted by Gasteiger charge is 2.27. The van der Waals surface area contributed by atoms with Crippen molar-refractivity contribution in [2.24, 2.45) is 0 Å². The minimum absolute atomic E-state index is 0.0931. The number of carbonyl (C=O) groups excluding carboxylic acids is 1. The summed E-state index contributed by atoms with van der Waals surface area (Å²) in [6, 6.07) is 15.3. The van der Waals surface area contributed by atoms with Crippen LogP contribution in [0.25, 0.3) is 32.9 Å². The number of hydrogen-bond donors (Lipinski definition) is 2. The van der Waals surface area contributed by atoms with Crippen molar-refractivity contribution in [2.45, 2.75) is 37.8 Å². The van der Waals surface area contributed by atoms with Gasteiger partial charge in [0.2, 0.25) is 5.91 Å². The first-order chi connectivity index (χ1) is 19.8. The van der Waals surface area contributed by atoms with Gasteiger partial charge in [0.05, 0.1) is 16.1 Å². The van der Waals surface area contributed by atoms with Gasteiger partial charge in [-0.15, -0.1) is 0 Å². The number of phenols is 1. The third-order valence-electron chi connectivity index (χ3n) is 8.61. The van der Waals surface area contributed by atoms with Crippen LogP contribution in [0.15, 0.2) is 66.0 Å². The Kier molecular flexibility index (Phi) is 7.45. The summed E-state index contributed by atoms with van der Waals surface area (Å²) in [5, 5.41) is 16.2. The molecule has 0 bridgehead atoms. The van der Waals surface area contributed by atoms with Crippen LogP contribution in [-0.2, 0) is 4.79 Å².